The maximum absolute atomic E-state index is 5.63. The Labute approximate surface area is 116 Å². The van der Waals surface area contributed by atoms with E-state index in [1.807, 2.05) is 24.3 Å². The second-order valence-corrected chi connectivity index (χ2v) is 6.37. The molecule has 0 atom stereocenters. The van der Waals surface area contributed by atoms with Crippen molar-refractivity contribution >= 4 is 33.5 Å². The van der Waals surface area contributed by atoms with Crippen LogP contribution >= 0.6 is 23.3 Å². The number of rotatable bonds is 1. The molecule has 0 bridgehead atoms. The van der Waals surface area contributed by atoms with Crippen molar-refractivity contribution in [3.8, 4) is 0 Å². The average Bonchev–Trinajstić information content (AvgIpc) is 2.83. The summed E-state index contributed by atoms with van der Waals surface area (Å²) in [5, 5.41) is 5.38. The van der Waals surface area contributed by atoms with Gasteiger partial charge in [-0.25, -0.2) is 4.98 Å². The van der Waals surface area contributed by atoms with Crippen LogP contribution in [0.15, 0.2) is 28.6 Å². The van der Waals surface area contributed by atoms with Crippen LogP contribution in [0.5, 0.6) is 0 Å². The predicted molar refractivity (Wildman–Crippen MR) is 80.7 cm³/mol. The van der Waals surface area contributed by atoms with Crippen molar-refractivity contribution < 1.29 is 0 Å². The average molecular weight is 281 g/mol. The lowest BCUT2D eigenvalue weighted by Crippen LogP contribution is -2.22. The number of hydrogen-bond acceptors (Lipinski definition) is 5. The van der Waals surface area contributed by atoms with Crippen molar-refractivity contribution in [2.24, 2.45) is 10.9 Å². The van der Waals surface area contributed by atoms with Gasteiger partial charge >= 0.3 is 0 Å². The molecule has 3 nitrogen and oxygen atoms in total. The zero-order chi connectivity index (χ0) is 12.8. The normalized spacial score (nSPS) is 16.3. The second-order valence-electron chi connectivity index (χ2n) is 4.46. The summed E-state index contributed by atoms with van der Waals surface area (Å²) < 4.78 is 2.12. The molecule has 4 N–H and O–H groups in total. The molecule has 1 aliphatic rings. The number of nitrogens with two attached hydrogens (primary N) is 2. The fourth-order valence-electron chi connectivity index (χ4n) is 2.04. The Bertz CT molecular complexity index is 445. The van der Waals surface area contributed by atoms with E-state index in [0.29, 0.717) is 6.04 Å². The summed E-state index contributed by atoms with van der Waals surface area (Å²) in [6.07, 6.45) is 6.66. The van der Waals surface area contributed by atoms with Gasteiger partial charge in [-0.1, -0.05) is 31.4 Å². The molecule has 0 amide bonds. The van der Waals surface area contributed by atoms with E-state index >= 15 is 0 Å². The minimum Gasteiger partial charge on any atom is -0.328 e. The molecule has 18 heavy (non-hydrogen) atoms. The highest BCUT2D eigenvalue weighted by atomic mass is 32.2. The monoisotopic (exact) mass is 281 g/mol. The minimum absolute atomic E-state index is 0.536. The Balaban J connectivity index is 0.000000149. The van der Waals surface area contributed by atoms with Crippen molar-refractivity contribution in [3.05, 3.63) is 24.3 Å². The van der Waals surface area contributed by atoms with E-state index in [0.717, 1.165) is 9.86 Å². The van der Waals surface area contributed by atoms with Crippen LogP contribution in [-0.4, -0.2) is 11.0 Å². The van der Waals surface area contributed by atoms with Gasteiger partial charge in [0.15, 0.2) is 4.34 Å². The van der Waals surface area contributed by atoms with Gasteiger partial charge in [0.25, 0.3) is 0 Å². The molecule has 2 aromatic rings. The zero-order valence-corrected chi connectivity index (χ0v) is 12.0. The second kappa shape index (κ2) is 7.09. The number of aromatic nitrogens is 1. The molecule has 3 rings (SSSR count). The molecular formula is C13H19N3S2. The Hall–Kier alpha value is -0.620. The van der Waals surface area contributed by atoms with Gasteiger partial charge < -0.3 is 5.73 Å². The maximum atomic E-state index is 5.63. The van der Waals surface area contributed by atoms with Crippen molar-refractivity contribution in [1.82, 2.24) is 4.98 Å². The molecule has 0 unspecified atom stereocenters. The summed E-state index contributed by atoms with van der Waals surface area (Å²) in [6.45, 7) is 0. The van der Waals surface area contributed by atoms with Gasteiger partial charge in [-0.3, -0.25) is 5.14 Å². The molecule has 1 aromatic heterocycles. The Morgan fingerprint density at radius 1 is 1.17 bits per heavy atom. The molecule has 0 aliphatic heterocycles. The fourth-order valence-corrected chi connectivity index (χ4v) is 3.35. The Kier molecular flexibility index (Phi) is 5.44. The largest absolute Gasteiger partial charge is 0.328 e. The van der Waals surface area contributed by atoms with Crippen molar-refractivity contribution in [1.29, 1.82) is 0 Å². The number of benzene rings is 1. The Morgan fingerprint density at radius 3 is 2.44 bits per heavy atom. The fraction of sp³-hybridized carbons (Fsp3) is 0.462. The molecule has 1 aliphatic carbocycles. The third-order valence-corrected chi connectivity index (χ3v) is 4.69. The molecule has 1 fully saturated rings. The summed E-state index contributed by atoms with van der Waals surface area (Å²) in [6, 6.07) is 8.56. The third kappa shape index (κ3) is 3.95. The first kappa shape index (κ1) is 13.8. The van der Waals surface area contributed by atoms with E-state index in [4.69, 9.17) is 10.9 Å². The first-order valence-corrected chi connectivity index (χ1v) is 7.97. The summed E-state index contributed by atoms with van der Waals surface area (Å²) in [7, 11) is 0. The van der Waals surface area contributed by atoms with Gasteiger partial charge in [0.1, 0.15) is 0 Å². The molecule has 5 heteroatoms. The van der Waals surface area contributed by atoms with Gasteiger partial charge in [0.2, 0.25) is 0 Å². The van der Waals surface area contributed by atoms with Gasteiger partial charge in [-0.05, 0) is 36.9 Å². The maximum Gasteiger partial charge on any atom is 0.165 e. The van der Waals surface area contributed by atoms with Crippen LogP contribution in [0.3, 0.4) is 0 Å². The van der Waals surface area contributed by atoms with Crippen molar-refractivity contribution in [3.63, 3.8) is 0 Å². The van der Waals surface area contributed by atoms with Crippen LogP contribution in [0.1, 0.15) is 32.1 Å². The van der Waals surface area contributed by atoms with E-state index in [1.54, 1.807) is 11.3 Å². The third-order valence-electron chi connectivity index (χ3n) is 3.02. The minimum atomic E-state index is 0.536. The smallest absolute Gasteiger partial charge is 0.165 e. The van der Waals surface area contributed by atoms with Gasteiger partial charge in [0, 0.05) is 6.04 Å². The topological polar surface area (TPSA) is 64.9 Å². The van der Waals surface area contributed by atoms with Crippen LogP contribution < -0.4 is 10.9 Å². The Morgan fingerprint density at radius 2 is 1.89 bits per heavy atom. The van der Waals surface area contributed by atoms with E-state index in [2.05, 4.69) is 4.98 Å². The number of para-hydroxylation sites is 1. The lowest BCUT2D eigenvalue weighted by molar-refractivity contribution is 0.441. The van der Waals surface area contributed by atoms with Crippen LogP contribution in [0.2, 0.25) is 0 Å². The molecule has 98 valence electrons. The summed E-state index contributed by atoms with van der Waals surface area (Å²) in [5.41, 5.74) is 6.67. The van der Waals surface area contributed by atoms with E-state index < -0.39 is 0 Å². The number of hydrogen-bond donors (Lipinski definition) is 2. The standard InChI is InChI=1S/C7H6N2S2.C6H13N/c8-11-7-9-5-3-1-2-4-6(5)10-7;7-6-4-2-1-3-5-6/h1-4H,8H2;6H,1-5,7H2. The van der Waals surface area contributed by atoms with Crippen LogP contribution in [0, 0.1) is 0 Å². The highest BCUT2D eigenvalue weighted by Gasteiger charge is 2.06. The van der Waals surface area contributed by atoms with Crippen molar-refractivity contribution in [2.45, 2.75) is 42.5 Å². The van der Waals surface area contributed by atoms with E-state index in [9.17, 15) is 0 Å². The van der Waals surface area contributed by atoms with Crippen molar-refractivity contribution in [2.75, 3.05) is 0 Å². The highest BCUT2D eigenvalue weighted by Crippen LogP contribution is 2.25. The molecule has 0 saturated heterocycles. The van der Waals surface area contributed by atoms with E-state index in [1.165, 1.54) is 48.8 Å². The van der Waals surface area contributed by atoms with Crippen LogP contribution in [-0.2, 0) is 0 Å². The van der Waals surface area contributed by atoms with Gasteiger partial charge in [-0.15, -0.1) is 11.3 Å². The highest BCUT2D eigenvalue weighted by molar-refractivity contribution is 7.99. The molecule has 1 aromatic carbocycles. The zero-order valence-electron chi connectivity index (χ0n) is 10.3. The first-order chi connectivity index (χ1) is 8.79. The first-order valence-electron chi connectivity index (χ1n) is 6.27. The molecule has 1 heterocycles. The van der Waals surface area contributed by atoms with Crippen LogP contribution in [0.4, 0.5) is 0 Å². The SMILES string of the molecule is NC1CCCCC1.NSc1nc2ccccc2s1. The molecule has 1 saturated carbocycles. The number of nitrogens with zero attached hydrogens (tertiary/aromatic N) is 1. The number of thiazole rings is 1. The quantitative estimate of drug-likeness (QED) is 0.785. The summed E-state index contributed by atoms with van der Waals surface area (Å²) >= 11 is 2.83. The number of fused-ring (bicyclic) bond motifs is 1. The summed E-state index contributed by atoms with van der Waals surface area (Å²) in [5.74, 6) is 0. The molecule has 0 spiro atoms. The van der Waals surface area contributed by atoms with Gasteiger partial charge in [0.05, 0.1) is 10.2 Å². The lowest BCUT2D eigenvalue weighted by atomic mass is 9.97. The molecule has 0 radical (unpaired) electrons. The molecular weight excluding hydrogens is 262 g/mol. The predicted octanol–water partition coefficient (Wildman–Crippen LogP) is 3.54. The summed E-state index contributed by atoms with van der Waals surface area (Å²) in [4.78, 5) is 4.29. The van der Waals surface area contributed by atoms with Gasteiger partial charge in [-0.2, -0.15) is 0 Å². The lowest BCUT2D eigenvalue weighted by Gasteiger charge is -2.15. The van der Waals surface area contributed by atoms with E-state index in [-0.39, 0.29) is 0 Å². The van der Waals surface area contributed by atoms with Crippen LogP contribution in [0.25, 0.3) is 10.2 Å².